The number of phenols is 1. The molecule has 6 nitrogen and oxygen atoms in total. The molecule has 8 bridgehead atoms. The van der Waals surface area contributed by atoms with Gasteiger partial charge in [0, 0.05) is 18.4 Å². The molecule has 0 radical (unpaired) electrons. The van der Waals surface area contributed by atoms with Gasteiger partial charge in [-0.2, -0.15) is 0 Å². The third-order valence-electron chi connectivity index (χ3n) is 10.6. The number of hydrogen-bond donors (Lipinski definition) is 2. The first-order chi connectivity index (χ1) is 24.9. The molecule has 0 fully saturated rings. The molecule has 2 aliphatic carbocycles. The number of Topliss-reactive ketones (excluding diaryl/α,β-unsaturated/α-hetero) is 1. The molecule has 0 spiro atoms. The Morgan fingerprint density at radius 3 is 2.67 bits per heavy atom. The van der Waals surface area contributed by atoms with Crippen molar-refractivity contribution in [2.75, 3.05) is 7.11 Å². The summed E-state index contributed by atoms with van der Waals surface area (Å²) < 4.78 is 18.2. The molecule has 4 aromatic rings. The molecule has 4 atom stereocenters. The fourth-order valence-electron chi connectivity index (χ4n) is 7.99. The van der Waals surface area contributed by atoms with Gasteiger partial charge in [-0.15, -0.1) is 0 Å². The smallest absolute Gasteiger partial charge is 0.161 e. The molecule has 4 aliphatic rings. The van der Waals surface area contributed by atoms with Gasteiger partial charge in [0.25, 0.3) is 0 Å². The summed E-state index contributed by atoms with van der Waals surface area (Å²) in [6.07, 6.45) is 15.8. The number of aryl methyl sites for hydroxylation is 3. The number of methoxy groups -OCH3 is 1. The lowest BCUT2D eigenvalue weighted by Gasteiger charge is -2.28. The maximum atomic E-state index is 13.6. The van der Waals surface area contributed by atoms with Crippen molar-refractivity contribution < 1.29 is 29.2 Å². The van der Waals surface area contributed by atoms with E-state index in [1.807, 2.05) is 36.4 Å². The molecular weight excluding hydrogens is 636 g/mol. The SMILES string of the molecule is COc1ccc2cc1OCc1cc3c4c(c(O)ccc4c1)[C@@H](C#CO[C@@H](C[C@H]1C=C(O)C=C[C@@H]1CCCCc1ccccc1)CC(=O)CC2)CC3. The zero-order valence-corrected chi connectivity index (χ0v) is 29.3. The minimum Gasteiger partial charge on any atom is -0.508 e. The van der Waals surface area contributed by atoms with E-state index in [4.69, 9.17) is 14.2 Å². The molecule has 51 heavy (non-hydrogen) atoms. The second-order valence-corrected chi connectivity index (χ2v) is 14.2. The highest BCUT2D eigenvalue weighted by Gasteiger charge is 2.28. The minimum absolute atomic E-state index is 0.0165. The summed E-state index contributed by atoms with van der Waals surface area (Å²) in [5.41, 5.74) is 5.38. The highest BCUT2D eigenvalue weighted by molar-refractivity contribution is 5.93. The Kier molecular flexibility index (Phi) is 10.6. The first-order valence-corrected chi connectivity index (χ1v) is 18.3. The summed E-state index contributed by atoms with van der Waals surface area (Å²) in [6.45, 7) is 0.366. The molecule has 0 amide bonds. The Labute approximate surface area is 300 Å². The number of aliphatic hydroxyl groups excluding tert-OH is 1. The molecule has 262 valence electrons. The second-order valence-electron chi connectivity index (χ2n) is 14.2. The number of aromatic hydroxyl groups is 1. The van der Waals surface area contributed by atoms with Crippen LogP contribution in [-0.4, -0.2) is 29.2 Å². The van der Waals surface area contributed by atoms with Crippen LogP contribution in [0.15, 0.2) is 96.8 Å². The summed E-state index contributed by atoms with van der Waals surface area (Å²) in [4.78, 5) is 13.6. The first-order valence-electron chi connectivity index (χ1n) is 18.3. The van der Waals surface area contributed by atoms with E-state index < -0.39 is 6.10 Å². The number of ketones is 1. The van der Waals surface area contributed by atoms with E-state index in [9.17, 15) is 15.0 Å². The van der Waals surface area contributed by atoms with Gasteiger partial charge in [-0.1, -0.05) is 66.9 Å². The van der Waals surface area contributed by atoms with Gasteiger partial charge in [-0.25, -0.2) is 0 Å². The van der Waals surface area contributed by atoms with E-state index >= 15 is 0 Å². The van der Waals surface area contributed by atoms with E-state index in [1.165, 1.54) is 11.1 Å². The average Bonchev–Trinajstić information content (AvgIpc) is 3.14. The highest BCUT2D eigenvalue weighted by atomic mass is 16.5. The molecular formula is C45H46O6. The van der Waals surface area contributed by atoms with Gasteiger partial charge in [-0.3, -0.25) is 4.79 Å². The monoisotopic (exact) mass is 682 g/mol. The van der Waals surface area contributed by atoms with E-state index in [2.05, 4.69) is 54.5 Å². The number of hydrogen-bond acceptors (Lipinski definition) is 6. The van der Waals surface area contributed by atoms with Gasteiger partial charge in [0.05, 0.1) is 13.0 Å². The zero-order valence-electron chi connectivity index (χ0n) is 29.3. The number of benzene rings is 4. The van der Waals surface area contributed by atoms with E-state index in [0.29, 0.717) is 37.4 Å². The molecule has 2 heterocycles. The Balaban J connectivity index is 1.15. The van der Waals surface area contributed by atoms with Crippen LogP contribution in [0.5, 0.6) is 17.2 Å². The number of carbonyl (C=O) groups excluding carboxylic acids is 1. The van der Waals surface area contributed by atoms with Crippen molar-refractivity contribution in [2.24, 2.45) is 11.8 Å². The number of unbranched alkanes of at least 4 members (excludes halogenated alkanes) is 1. The Morgan fingerprint density at radius 2 is 1.80 bits per heavy atom. The maximum absolute atomic E-state index is 13.6. The van der Waals surface area contributed by atoms with Crippen molar-refractivity contribution in [3.05, 3.63) is 125 Å². The van der Waals surface area contributed by atoms with Crippen LogP contribution in [0.2, 0.25) is 0 Å². The van der Waals surface area contributed by atoms with Crippen molar-refractivity contribution >= 4 is 16.6 Å². The van der Waals surface area contributed by atoms with Crippen LogP contribution in [-0.2, 0) is 35.4 Å². The second kappa shape index (κ2) is 15.8. The first kappa shape index (κ1) is 34.3. The number of rotatable bonds is 8. The Bertz CT molecular complexity index is 2000. The summed E-state index contributed by atoms with van der Waals surface area (Å²) in [5.74, 6) is 5.24. The number of phenolic OH excluding ortho intramolecular Hbond substituents is 1. The summed E-state index contributed by atoms with van der Waals surface area (Å²) >= 11 is 0. The topological polar surface area (TPSA) is 85.2 Å². The van der Waals surface area contributed by atoms with Crippen molar-refractivity contribution in [2.45, 2.75) is 82.8 Å². The fraction of sp³-hybridized carbons (Fsp3) is 0.356. The van der Waals surface area contributed by atoms with Gasteiger partial charge in [0.2, 0.25) is 0 Å². The van der Waals surface area contributed by atoms with Crippen molar-refractivity contribution in [1.82, 2.24) is 0 Å². The van der Waals surface area contributed by atoms with Crippen molar-refractivity contribution in [3.63, 3.8) is 0 Å². The molecule has 0 aromatic heterocycles. The van der Waals surface area contributed by atoms with Crippen LogP contribution in [0.1, 0.15) is 78.7 Å². The summed E-state index contributed by atoms with van der Waals surface area (Å²) in [6, 6.07) is 24.4. The van der Waals surface area contributed by atoms with Crippen LogP contribution in [0, 0.1) is 23.9 Å². The third kappa shape index (κ3) is 8.26. The Hall–Kier alpha value is -5.15. The van der Waals surface area contributed by atoms with Crippen molar-refractivity contribution in [1.29, 1.82) is 0 Å². The largest absolute Gasteiger partial charge is 0.508 e. The fourth-order valence-corrected chi connectivity index (χ4v) is 7.99. The minimum atomic E-state index is -0.447. The lowest BCUT2D eigenvalue weighted by molar-refractivity contribution is -0.121. The lowest BCUT2D eigenvalue weighted by Crippen LogP contribution is -2.24. The number of allylic oxidation sites excluding steroid dienone is 3. The molecule has 6 heteroatoms. The maximum Gasteiger partial charge on any atom is 0.161 e. The van der Waals surface area contributed by atoms with Gasteiger partial charge in [0.1, 0.15) is 36.1 Å². The number of fused-ring (bicyclic) bond motifs is 7. The van der Waals surface area contributed by atoms with Crippen LogP contribution >= 0.6 is 0 Å². The van der Waals surface area contributed by atoms with Gasteiger partial charge < -0.3 is 24.4 Å². The Morgan fingerprint density at radius 1 is 0.922 bits per heavy atom. The molecule has 0 unspecified atom stereocenters. The molecule has 2 N–H and O–H groups in total. The highest BCUT2D eigenvalue weighted by Crippen LogP contribution is 2.42. The average molecular weight is 683 g/mol. The molecule has 4 aromatic carbocycles. The number of ether oxygens (including phenoxy) is 3. The molecule has 0 saturated carbocycles. The predicted octanol–water partition coefficient (Wildman–Crippen LogP) is 9.46. The zero-order chi connectivity index (χ0) is 35.2. The predicted molar refractivity (Wildman–Crippen MR) is 200 cm³/mol. The standard InChI is InChI=1S/C45H46O6/c1-49-42-20-12-31-11-17-39(47)28-40(27-37-26-38(46)18-15-33(37)10-6-5-9-30-7-3-2-4-8-30)50-22-21-34-13-14-35-23-32(29-51-43(42)25-31)24-36-16-19-41(48)45(34)44(35)36/h2-4,7-8,12,15-16,18-20,23-26,33-34,37,40,46,48H,5-6,9-11,13-14,17,27-29H2,1H3/t33-,34+,37+,40-/m0/s1. The van der Waals surface area contributed by atoms with E-state index in [-0.39, 0.29) is 41.5 Å². The van der Waals surface area contributed by atoms with Gasteiger partial charge in [-0.05, 0) is 126 Å². The molecule has 2 aliphatic heterocycles. The molecule has 8 rings (SSSR count). The van der Waals surface area contributed by atoms with Crippen LogP contribution < -0.4 is 9.47 Å². The third-order valence-corrected chi connectivity index (χ3v) is 10.6. The number of aliphatic hydroxyl groups is 1. The quantitative estimate of drug-likeness (QED) is 0.142. The number of carbonyl (C=O) groups is 1. The van der Waals surface area contributed by atoms with Crippen LogP contribution in [0.4, 0.5) is 0 Å². The molecule has 0 saturated heterocycles. The van der Waals surface area contributed by atoms with E-state index in [1.54, 1.807) is 19.3 Å². The normalized spacial score (nSPS) is 21.5. The summed E-state index contributed by atoms with van der Waals surface area (Å²) in [7, 11) is 1.63. The van der Waals surface area contributed by atoms with E-state index in [0.717, 1.165) is 66.0 Å². The van der Waals surface area contributed by atoms with Gasteiger partial charge >= 0.3 is 0 Å². The van der Waals surface area contributed by atoms with Crippen LogP contribution in [0.3, 0.4) is 0 Å². The summed E-state index contributed by atoms with van der Waals surface area (Å²) in [5, 5.41) is 23.7. The van der Waals surface area contributed by atoms with Gasteiger partial charge in [0.15, 0.2) is 11.5 Å². The van der Waals surface area contributed by atoms with Crippen molar-refractivity contribution in [3.8, 4) is 29.3 Å². The van der Waals surface area contributed by atoms with Crippen LogP contribution in [0.25, 0.3) is 10.8 Å². The lowest BCUT2D eigenvalue weighted by atomic mass is 9.80.